The summed E-state index contributed by atoms with van der Waals surface area (Å²) in [6.07, 6.45) is 7.19. The van der Waals surface area contributed by atoms with Crippen LogP contribution in [0.2, 0.25) is 5.02 Å². The van der Waals surface area contributed by atoms with Gasteiger partial charge in [-0.25, -0.2) is 9.97 Å². The molecule has 0 aliphatic carbocycles. The van der Waals surface area contributed by atoms with E-state index < -0.39 is 0 Å². The molecule has 11 rings (SSSR count). The first-order valence-corrected chi connectivity index (χ1v) is 22.6. The lowest BCUT2D eigenvalue weighted by Crippen LogP contribution is -2.37. The van der Waals surface area contributed by atoms with Gasteiger partial charge in [0.25, 0.3) is 0 Å². The van der Waals surface area contributed by atoms with Gasteiger partial charge in [-0.1, -0.05) is 72.3 Å². The Labute approximate surface area is 389 Å². The summed E-state index contributed by atoms with van der Waals surface area (Å²) in [5.41, 5.74) is 15.2. The molecule has 0 spiro atoms. The minimum Gasteiger partial charge on any atom is -0.378 e. The molecule has 9 aromatic rings. The first kappa shape index (κ1) is 42.6. The lowest BCUT2D eigenvalue weighted by molar-refractivity contribution is 0.122. The standard InChI is InChI=1S/C34H34N6O2.C20H14ClN3/c1-24-32(37-30-23-25(39-15-19-41-20-16-39)11-12-31(30)40-17-21-42-22-18-40)27-8-6-7-26(28-9-2-4-13-35-28)34(27)38-33(24)29-10-3-5-14-36-29;1-13-18(21)15-8-6-7-14(16-9-2-4-11-22-16)20(15)24-19(13)17-10-3-5-12-23-17/h2-14,23H,15-22H2,1H3,(H,37,38);2-12H,1H3. The molecule has 3 aromatic carbocycles. The minimum absolute atomic E-state index is 0.707. The summed E-state index contributed by atoms with van der Waals surface area (Å²) < 4.78 is 11.3. The number of hydrogen-bond donors (Lipinski definition) is 1. The number of aromatic nitrogens is 6. The van der Waals surface area contributed by atoms with Crippen molar-refractivity contribution in [3.05, 3.63) is 168 Å². The molecule has 11 nitrogen and oxygen atoms in total. The van der Waals surface area contributed by atoms with Gasteiger partial charge in [-0.15, -0.1) is 0 Å². The SMILES string of the molecule is Cc1c(-c2ccccn2)nc2c(-c3ccccn3)cccc2c1Cl.Cc1c(-c2ccccn2)nc2c(-c3ccccn3)cccc2c1Nc1cc(N2CCOCC2)ccc1N1CCOCC1. The first-order chi connectivity index (χ1) is 32.5. The summed E-state index contributed by atoms with van der Waals surface area (Å²) in [4.78, 5) is 33.2. The number of benzene rings is 3. The van der Waals surface area contributed by atoms with Crippen LogP contribution in [-0.2, 0) is 9.47 Å². The lowest BCUT2D eigenvalue weighted by atomic mass is 9.99. The van der Waals surface area contributed by atoms with Crippen molar-refractivity contribution in [1.29, 1.82) is 0 Å². The number of hydrogen-bond acceptors (Lipinski definition) is 11. The first-order valence-electron chi connectivity index (χ1n) is 22.3. The van der Waals surface area contributed by atoms with Crippen molar-refractivity contribution >= 4 is 56.2 Å². The zero-order valence-electron chi connectivity index (χ0n) is 36.9. The minimum atomic E-state index is 0.707. The maximum Gasteiger partial charge on any atom is 0.0943 e. The monoisotopic (exact) mass is 889 g/mol. The lowest BCUT2D eigenvalue weighted by Gasteiger charge is -2.33. The van der Waals surface area contributed by atoms with E-state index in [1.807, 2.05) is 110 Å². The molecule has 8 heterocycles. The third-order valence-electron chi connectivity index (χ3n) is 12.1. The molecule has 0 unspecified atom stereocenters. The third-order valence-corrected chi connectivity index (χ3v) is 12.6. The summed E-state index contributed by atoms with van der Waals surface area (Å²) >= 11 is 6.65. The molecule has 2 fully saturated rings. The van der Waals surface area contributed by atoms with Crippen LogP contribution < -0.4 is 15.1 Å². The Morgan fingerprint density at radius 3 is 1.52 bits per heavy atom. The van der Waals surface area contributed by atoms with Gasteiger partial charge in [0, 0.05) is 84.1 Å². The summed E-state index contributed by atoms with van der Waals surface area (Å²) in [5.74, 6) is 0. The van der Waals surface area contributed by atoms with Crippen molar-refractivity contribution < 1.29 is 9.47 Å². The van der Waals surface area contributed by atoms with E-state index in [1.165, 1.54) is 11.4 Å². The molecule has 0 atom stereocenters. The molecule has 0 radical (unpaired) electrons. The number of pyridine rings is 6. The quantitative estimate of drug-likeness (QED) is 0.157. The topological polar surface area (TPSA) is 114 Å². The fourth-order valence-electron chi connectivity index (χ4n) is 8.70. The van der Waals surface area contributed by atoms with Crippen LogP contribution >= 0.6 is 11.6 Å². The van der Waals surface area contributed by atoms with E-state index in [-0.39, 0.29) is 0 Å². The molecule has 2 aliphatic heterocycles. The summed E-state index contributed by atoms with van der Waals surface area (Å²) in [5, 5.41) is 6.60. The van der Waals surface area contributed by atoms with E-state index in [1.54, 1.807) is 12.4 Å². The highest BCUT2D eigenvalue weighted by molar-refractivity contribution is 6.36. The highest BCUT2D eigenvalue weighted by atomic mass is 35.5. The molecule has 6 aromatic heterocycles. The van der Waals surface area contributed by atoms with Crippen molar-refractivity contribution in [1.82, 2.24) is 29.9 Å². The van der Waals surface area contributed by atoms with Crippen LogP contribution in [-0.4, -0.2) is 82.5 Å². The van der Waals surface area contributed by atoms with Gasteiger partial charge in [0.15, 0.2) is 0 Å². The van der Waals surface area contributed by atoms with Gasteiger partial charge in [0.1, 0.15) is 0 Å². The van der Waals surface area contributed by atoms with Gasteiger partial charge in [0.05, 0.1) is 93.7 Å². The Balaban J connectivity index is 0.000000180. The number of halogens is 1. The summed E-state index contributed by atoms with van der Waals surface area (Å²) in [6, 6.07) is 42.7. The highest BCUT2D eigenvalue weighted by Gasteiger charge is 2.23. The number of nitrogens with one attached hydrogen (secondary N) is 1. The Hall–Kier alpha value is -7.31. The van der Waals surface area contributed by atoms with E-state index >= 15 is 0 Å². The van der Waals surface area contributed by atoms with Crippen molar-refractivity contribution in [2.75, 3.05) is 67.7 Å². The van der Waals surface area contributed by atoms with Gasteiger partial charge in [0.2, 0.25) is 0 Å². The average molecular weight is 890 g/mol. The van der Waals surface area contributed by atoms with Crippen molar-refractivity contribution in [3.63, 3.8) is 0 Å². The van der Waals surface area contributed by atoms with E-state index in [9.17, 15) is 0 Å². The van der Waals surface area contributed by atoms with E-state index in [0.717, 1.165) is 142 Å². The Morgan fingerprint density at radius 2 is 0.985 bits per heavy atom. The number of fused-ring (bicyclic) bond motifs is 2. The second-order valence-corrected chi connectivity index (χ2v) is 16.5. The van der Waals surface area contributed by atoms with Crippen LogP contribution in [0.5, 0.6) is 0 Å². The fraction of sp³-hybridized carbons (Fsp3) is 0.185. The number of ether oxygens (including phenoxy) is 2. The zero-order valence-corrected chi connectivity index (χ0v) is 37.6. The van der Waals surface area contributed by atoms with Crippen molar-refractivity contribution in [2.45, 2.75) is 13.8 Å². The van der Waals surface area contributed by atoms with Crippen molar-refractivity contribution in [2.24, 2.45) is 0 Å². The Morgan fingerprint density at radius 1 is 0.500 bits per heavy atom. The maximum atomic E-state index is 6.65. The van der Waals surface area contributed by atoms with Gasteiger partial charge < -0.3 is 24.6 Å². The number of anilines is 4. The van der Waals surface area contributed by atoms with Crippen LogP contribution in [0, 0.1) is 13.8 Å². The molecule has 0 saturated carbocycles. The number of rotatable bonds is 8. The normalized spacial score (nSPS) is 13.9. The van der Waals surface area contributed by atoms with E-state index in [2.05, 4.69) is 78.4 Å². The smallest absolute Gasteiger partial charge is 0.0943 e. The summed E-state index contributed by atoms with van der Waals surface area (Å²) in [7, 11) is 0. The largest absolute Gasteiger partial charge is 0.378 e. The van der Waals surface area contributed by atoms with Crippen LogP contribution in [0.1, 0.15) is 11.1 Å². The number of morpholine rings is 2. The van der Waals surface area contributed by atoms with Crippen LogP contribution in [0.3, 0.4) is 0 Å². The van der Waals surface area contributed by atoms with E-state index in [4.69, 9.17) is 31.0 Å². The van der Waals surface area contributed by atoms with Crippen LogP contribution in [0.25, 0.3) is 67.1 Å². The molecule has 2 saturated heterocycles. The maximum absolute atomic E-state index is 6.65. The second kappa shape index (κ2) is 19.4. The second-order valence-electron chi connectivity index (χ2n) is 16.1. The number of para-hydroxylation sites is 2. The van der Waals surface area contributed by atoms with Gasteiger partial charge in [-0.3, -0.25) is 19.9 Å². The highest BCUT2D eigenvalue weighted by Crippen LogP contribution is 2.42. The predicted octanol–water partition coefficient (Wildman–Crippen LogP) is 11.4. The number of nitrogens with zero attached hydrogens (tertiary/aromatic N) is 8. The Kier molecular flexibility index (Phi) is 12.5. The average Bonchev–Trinajstić information content (AvgIpc) is 3.39. The molecule has 0 bridgehead atoms. The molecule has 12 heteroatoms. The fourth-order valence-corrected chi connectivity index (χ4v) is 8.95. The third kappa shape index (κ3) is 8.76. The molecule has 0 amide bonds. The Bertz CT molecular complexity index is 3110. The van der Waals surface area contributed by atoms with Crippen LogP contribution in [0.15, 0.2) is 152 Å². The predicted molar refractivity (Wildman–Crippen MR) is 267 cm³/mol. The van der Waals surface area contributed by atoms with Gasteiger partial charge in [-0.05, 0) is 86.1 Å². The summed E-state index contributed by atoms with van der Waals surface area (Å²) in [6.45, 7) is 10.5. The molecule has 1 N–H and O–H groups in total. The van der Waals surface area contributed by atoms with Gasteiger partial charge >= 0.3 is 0 Å². The molecule has 328 valence electrons. The molecular formula is C54H48ClN9O2. The van der Waals surface area contributed by atoms with Crippen molar-refractivity contribution in [3.8, 4) is 45.3 Å². The van der Waals surface area contributed by atoms with Crippen LogP contribution in [0.4, 0.5) is 22.7 Å². The van der Waals surface area contributed by atoms with E-state index in [0.29, 0.717) is 5.02 Å². The molecule has 2 aliphatic rings. The molecule has 66 heavy (non-hydrogen) atoms. The van der Waals surface area contributed by atoms with Gasteiger partial charge in [-0.2, -0.15) is 0 Å². The molecular weight excluding hydrogens is 842 g/mol. The zero-order chi connectivity index (χ0) is 44.8.